The highest BCUT2D eigenvalue weighted by molar-refractivity contribution is 5.78. The molecule has 0 aliphatic carbocycles. The average molecular weight is 271 g/mol. The molecule has 5 nitrogen and oxygen atoms in total. The lowest BCUT2D eigenvalue weighted by molar-refractivity contribution is 0.428. The summed E-state index contributed by atoms with van der Waals surface area (Å²) >= 11 is 0. The van der Waals surface area contributed by atoms with Crippen LogP contribution in [0.1, 0.15) is 31.4 Å². The third-order valence-electron chi connectivity index (χ3n) is 3.75. The van der Waals surface area contributed by atoms with E-state index in [1.54, 1.807) is 0 Å². The fourth-order valence-electron chi connectivity index (χ4n) is 2.63. The lowest BCUT2D eigenvalue weighted by atomic mass is 10.2. The zero-order valence-corrected chi connectivity index (χ0v) is 11.7. The Kier molecular flexibility index (Phi) is 3.85. The molecular formula is C15H21N5. The van der Waals surface area contributed by atoms with Crippen molar-refractivity contribution in [3.05, 3.63) is 36.3 Å². The van der Waals surface area contributed by atoms with Crippen LogP contribution in [0.15, 0.2) is 35.6 Å². The first-order valence-corrected chi connectivity index (χ1v) is 7.30. The van der Waals surface area contributed by atoms with E-state index in [0.29, 0.717) is 12.5 Å². The number of aromatic nitrogens is 2. The van der Waals surface area contributed by atoms with E-state index >= 15 is 0 Å². The monoisotopic (exact) mass is 271 g/mol. The molecule has 0 saturated carbocycles. The SMILES string of the molecule is NC(=NCc1cn2ccccc2n1)N1CCCCCC1. The van der Waals surface area contributed by atoms with E-state index in [0.717, 1.165) is 24.4 Å². The van der Waals surface area contributed by atoms with Crippen molar-refractivity contribution in [2.24, 2.45) is 10.7 Å². The molecule has 1 saturated heterocycles. The van der Waals surface area contributed by atoms with Gasteiger partial charge in [-0.2, -0.15) is 0 Å². The van der Waals surface area contributed by atoms with E-state index in [-0.39, 0.29) is 0 Å². The van der Waals surface area contributed by atoms with Crippen LogP contribution in [-0.4, -0.2) is 33.3 Å². The molecule has 0 spiro atoms. The summed E-state index contributed by atoms with van der Waals surface area (Å²) < 4.78 is 2.01. The van der Waals surface area contributed by atoms with Gasteiger partial charge in [0.1, 0.15) is 5.65 Å². The van der Waals surface area contributed by atoms with Gasteiger partial charge >= 0.3 is 0 Å². The molecule has 2 aromatic heterocycles. The number of imidazole rings is 1. The topological polar surface area (TPSA) is 58.9 Å². The molecule has 2 aromatic rings. The van der Waals surface area contributed by atoms with Gasteiger partial charge in [0.05, 0.1) is 12.2 Å². The van der Waals surface area contributed by atoms with Crippen molar-refractivity contribution in [2.45, 2.75) is 32.2 Å². The summed E-state index contributed by atoms with van der Waals surface area (Å²) in [6, 6.07) is 5.97. The van der Waals surface area contributed by atoms with Gasteiger partial charge in [-0.3, -0.25) is 0 Å². The largest absolute Gasteiger partial charge is 0.370 e. The number of nitrogens with zero attached hydrogens (tertiary/aromatic N) is 4. The van der Waals surface area contributed by atoms with Crippen LogP contribution >= 0.6 is 0 Å². The molecule has 0 unspecified atom stereocenters. The van der Waals surface area contributed by atoms with Crippen LogP contribution in [0.5, 0.6) is 0 Å². The van der Waals surface area contributed by atoms with E-state index in [9.17, 15) is 0 Å². The fourth-order valence-corrected chi connectivity index (χ4v) is 2.63. The number of aliphatic imine (C=N–C) groups is 1. The van der Waals surface area contributed by atoms with Gasteiger partial charge < -0.3 is 15.0 Å². The molecule has 0 radical (unpaired) electrons. The highest BCUT2D eigenvalue weighted by atomic mass is 15.2. The Morgan fingerprint density at radius 2 is 2.00 bits per heavy atom. The van der Waals surface area contributed by atoms with Crippen molar-refractivity contribution in [3.63, 3.8) is 0 Å². The maximum absolute atomic E-state index is 6.10. The Balaban J connectivity index is 1.68. The molecule has 0 amide bonds. The predicted molar refractivity (Wildman–Crippen MR) is 80.6 cm³/mol. The number of nitrogens with two attached hydrogens (primary N) is 1. The van der Waals surface area contributed by atoms with E-state index < -0.39 is 0 Å². The van der Waals surface area contributed by atoms with Crippen molar-refractivity contribution in [2.75, 3.05) is 13.1 Å². The first kappa shape index (κ1) is 13.0. The lowest BCUT2D eigenvalue weighted by Gasteiger charge is -2.20. The van der Waals surface area contributed by atoms with Crippen molar-refractivity contribution < 1.29 is 0 Å². The number of hydrogen-bond acceptors (Lipinski definition) is 2. The van der Waals surface area contributed by atoms with Crippen LogP contribution in [0, 0.1) is 0 Å². The number of rotatable bonds is 2. The second-order valence-electron chi connectivity index (χ2n) is 5.27. The summed E-state index contributed by atoms with van der Waals surface area (Å²) in [5.41, 5.74) is 8.00. The van der Waals surface area contributed by atoms with E-state index in [2.05, 4.69) is 14.9 Å². The van der Waals surface area contributed by atoms with Crippen LogP contribution in [0.25, 0.3) is 5.65 Å². The van der Waals surface area contributed by atoms with Crippen LogP contribution < -0.4 is 5.73 Å². The minimum absolute atomic E-state index is 0.546. The number of hydrogen-bond donors (Lipinski definition) is 1. The molecule has 0 aromatic carbocycles. The summed E-state index contributed by atoms with van der Waals surface area (Å²) in [6.45, 7) is 2.60. The van der Waals surface area contributed by atoms with E-state index in [4.69, 9.17) is 5.73 Å². The Morgan fingerprint density at radius 3 is 2.75 bits per heavy atom. The van der Waals surface area contributed by atoms with E-state index in [1.807, 2.05) is 35.0 Å². The average Bonchev–Trinajstić information content (AvgIpc) is 2.69. The molecule has 3 rings (SSSR count). The molecule has 20 heavy (non-hydrogen) atoms. The van der Waals surface area contributed by atoms with Gasteiger partial charge in [0.2, 0.25) is 0 Å². The van der Waals surface area contributed by atoms with Crippen molar-refractivity contribution in [3.8, 4) is 0 Å². The summed E-state index contributed by atoms with van der Waals surface area (Å²) in [5.74, 6) is 0.656. The normalized spacial score (nSPS) is 17.4. The molecule has 0 bridgehead atoms. The van der Waals surface area contributed by atoms with Crippen molar-refractivity contribution in [1.82, 2.24) is 14.3 Å². The summed E-state index contributed by atoms with van der Waals surface area (Å²) in [7, 11) is 0. The molecule has 1 aliphatic rings. The van der Waals surface area contributed by atoms with Crippen molar-refractivity contribution in [1.29, 1.82) is 0 Å². The van der Waals surface area contributed by atoms with Gasteiger partial charge in [-0.15, -0.1) is 0 Å². The molecule has 1 aliphatic heterocycles. The minimum Gasteiger partial charge on any atom is -0.370 e. The van der Waals surface area contributed by atoms with Crippen LogP contribution in [-0.2, 0) is 6.54 Å². The highest BCUT2D eigenvalue weighted by Crippen LogP contribution is 2.10. The first-order valence-electron chi connectivity index (χ1n) is 7.30. The van der Waals surface area contributed by atoms with Gasteiger partial charge in [-0.1, -0.05) is 18.9 Å². The third-order valence-corrected chi connectivity index (χ3v) is 3.75. The van der Waals surface area contributed by atoms with Gasteiger partial charge in [0.25, 0.3) is 0 Å². The summed E-state index contributed by atoms with van der Waals surface area (Å²) in [5, 5.41) is 0. The fraction of sp³-hybridized carbons (Fsp3) is 0.467. The maximum Gasteiger partial charge on any atom is 0.191 e. The quantitative estimate of drug-likeness (QED) is 0.671. The summed E-state index contributed by atoms with van der Waals surface area (Å²) in [4.78, 5) is 11.2. The first-order chi connectivity index (χ1) is 9.83. The molecule has 106 valence electrons. The maximum atomic E-state index is 6.10. The standard InChI is InChI=1S/C15H21N5/c16-15(19-8-4-1-2-5-9-19)17-11-13-12-20-10-6-3-7-14(20)18-13/h3,6-7,10,12H,1-2,4-5,8-9,11H2,(H2,16,17). The highest BCUT2D eigenvalue weighted by Gasteiger charge is 2.10. The Hall–Kier alpha value is -2.04. The summed E-state index contributed by atoms with van der Waals surface area (Å²) in [6.07, 6.45) is 9.03. The van der Waals surface area contributed by atoms with E-state index in [1.165, 1.54) is 25.7 Å². The number of fused-ring (bicyclic) bond motifs is 1. The Bertz CT molecular complexity index is 560. The second kappa shape index (κ2) is 5.94. The second-order valence-corrected chi connectivity index (χ2v) is 5.27. The molecule has 5 heteroatoms. The van der Waals surface area contributed by atoms with Gasteiger partial charge in [0.15, 0.2) is 5.96 Å². The van der Waals surface area contributed by atoms with Crippen LogP contribution in [0.4, 0.5) is 0 Å². The van der Waals surface area contributed by atoms with Gasteiger partial charge in [-0.05, 0) is 25.0 Å². The zero-order valence-electron chi connectivity index (χ0n) is 11.7. The number of pyridine rings is 1. The molecule has 1 fully saturated rings. The van der Waals surface area contributed by atoms with Crippen molar-refractivity contribution >= 4 is 11.6 Å². The molecular weight excluding hydrogens is 250 g/mol. The van der Waals surface area contributed by atoms with Gasteiger partial charge in [-0.25, -0.2) is 9.98 Å². The third kappa shape index (κ3) is 2.92. The predicted octanol–water partition coefficient (Wildman–Crippen LogP) is 2.02. The molecule has 0 atom stereocenters. The lowest BCUT2D eigenvalue weighted by Crippen LogP contribution is -2.38. The zero-order chi connectivity index (χ0) is 13.8. The number of likely N-dealkylation sites (tertiary alicyclic amines) is 1. The minimum atomic E-state index is 0.546. The molecule has 2 N–H and O–H groups in total. The Morgan fingerprint density at radius 1 is 1.20 bits per heavy atom. The van der Waals surface area contributed by atoms with Gasteiger partial charge in [0, 0.05) is 25.5 Å². The molecule has 3 heterocycles. The smallest absolute Gasteiger partial charge is 0.191 e. The van der Waals surface area contributed by atoms with Crippen LogP contribution in [0.3, 0.4) is 0 Å². The number of guanidine groups is 1. The van der Waals surface area contributed by atoms with Crippen LogP contribution in [0.2, 0.25) is 0 Å². The Labute approximate surface area is 119 Å².